The highest BCUT2D eigenvalue weighted by Gasteiger charge is 2.37. The summed E-state index contributed by atoms with van der Waals surface area (Å²) in [5.74, 6) is -0.604. The van der Waals surface area contributed by atoms with Crippen LogP contribution in [0, 0.1) is 0 Å². The molecule has 0 spiro atoms. The number of sulfonamides is 1. The topological polar surface area (TPSA) is 124 Å². The Balaban J connectivity index is 1.68. The zero-order valence-corrected chi connectivity index (χ0v) is 22.3. The van der Waals surface area contributed by atoms with E-state index in [9.17, 15) is 21.6 Å². The van der Waals surface area contributed by atoms with Crippen molar-refractivity contribution in [3.8, 4) is 5.82 Å². The first kappa shape index (κ1) is 27.7. The second kappa shape index (κ2) is 10.2. The van der Waals surface area contributed by atoms with Crippen molar-refractivity contribution in [2.45, 2.75) is 50.1 Å². The zero-order valence-electron chi connectivity index (χ0n) is 20.5. The Kier molecular flexibility index (Phi) is 7.88. The van der Waals surface area contributed by atoms with Gasteiger partial charge in [0.1, 0.15) is 5.56 Å². The van der Waals surface area contributed by atoms with Crippen LogP contribution in [0.5, 0.6) is 0 Å². The van der Waals surface area contributed by atoms with E-state index >= 15 is 0 Å². The standard InChI is InChI=1S/C21H28F3N7O3SSi/c1-20(2,3)36(4,5)34-12-10-28-35(32,33)17-8-7-15(13-25-17)29-19-26-14-16(21(22,23)24)18(30-19)31-11-6-9-27-31/h6-9,11,13-14,28H,10,12H2,1-5H3,(H,26,29,30). The van der Waals surface area contributed by atoms with Gasteiger partial charge in [0, 0.05) is 31.7 Å². The average molecular weight is 544 g/mol. The van der Waals surface area contributed by atoms with Crippen LogP contribution in [0.4, 0.5) is 24.8 Å². The Morgan fingerprint density at radius 3 is 2.39 bits per heavy atom. The third kappa shape index (κ3) is 6.66. The van der Waals surface area contributed by atoms with Gasteiger partial charge in [0.15, 0.2) is 19.2 Å². The first-order valence-electron chi connectivity index (χ1n) is 10.9. The molecule has 0 unspecified atom stereocenters. The summed E-state index contributed by atoms with van der Waals surface area (Å²) in [7, 11) is -5.88. The van der Waals surface area contributed by atoms with E-state index in [0.29, 0.717) is 6.20 Å². The van der Waals surface area contributed by atoms with Crippen molar-refractivity contribution < 1.29 is 26.0 Å². The van der Waals surface area contributed by atoms with E-state index in [1.54, 1.807) is 0 Å². The molecule has 0 amide bonds. The van der Waals surface area contributed by atoms with Gasteiger partial charge in [-0.3, -0.25) is 0 Å². The first-order valence-corrected chi connectivity index (χ1v) is 15.3. The van der Waals surface area contributed by atoms with Gasteiger partial charge >= 0.3 is 6.18 Å². The van der Waals surface area contributed by atoms with Gasteiger partial charge in [-0.25, -0.2) is 27.8 Å². The summed E-state index contributed by atoms with van der Waals surface area (Å²) in [5, 5.41) is 6.32. The molecule has 3 aromatic rings. The molecule has 0 aliphatic heterocycles. The Morgan fingerprint density at radius 1 is 1.11 bits per heavy atom. The fourth-order valence-corrected chi connectivity index (χ4v) is 4.70. The smallest absolute Gasteiger partial charge is 0.415 e. The SMILES string of the molecule is CC(C)(C)[Si](C)(C)OCCNS(=O)(=O)c1ccc(Nc2ncc(C(F)(F)F)c(-n3cccn3)n2)cn1. The van der Waals surface area contributed by atoms with E-state index in [0.717, 1.165) is 4.68 Å². The molecule has 0 radical (unpaired) electrons. The summed E-state index contributed by atoms with van der Waals surface area (Å²) in [4.78, 5) is 11.6. The minimum absolute atomic E-state index is 0.00615. The number of rotatable bonds is 9. The summed E-state index contributed by atoms with van der Waals surface area (Å²) < 4.78 is 74.6. The second-order valence-corrected chi connectivity index (χ2v) is 15.9. The van der Waals surface area contributed by atoms with Gasteiger partial charge in [-0.05, 0) is 36.3 Å². The van der Waals surface area contributed by atoms with Crippen LogP contribution in [0.15, 0.2) is 48.0 Å². The largest absolute Gasteiger partial charge is 0.421 e. The van der Waals surface area contributed by atoms with E-state index < -0.39 is 35.9 Å². The number of pyridine rings is 1. The van der Waals surface area contributed by atoms with Crippen LogP contribution in [0.2, 0.25) is 18.1 Å². The van der Waals surface area contributed by atoms with Crippen molar-refractivity contribution in [3.05, 3.63) is 48.5 Å². The maximum Gasteiger partial charge on any atom is 0.421 e. The third-order valence-corrected chi connectivity index (χ3v) is 11.6. The summed E-state index contributed by atoms with van der Waals surface area (Å²) >= 11 is 0. The number of hydrogen-bond donors (Lipinski definition) is 2. The number of aromatic nitrogens is 5. The van der Waals surface area contributed by atoms with Crippen LogP contribution in [-0.4, -0.2) is 54.6 Å². The van der Waals surface area contributed by atoms with Crippen molar-refractivity contribution in [2.24, 2.45) is 0 Å². The first-order chi connectivity index (χ1) is 16.6. The van der Waals surface area contributed by atoms with Crippen LogP contribution < -0.4 is 10.0 Å². The van der Waals surface area contributed by atoms with Crippen molar-refractivity contribution >= 4 is 30.0 Å². The van der Waals surface area contributed by atoms with E-state index in [4.69, 9.17) is 4.43 Å². The van der Waals surface area contributed by atoms with E-state index in [1.807, 2.05) is 0 Å². The highest BCUT2D eigenvalue weighted by molar-refractivity contribution is 7.89. The minimum Gasteiger partial charge on any atom is -0.415 e. The predicted molar refractivity (Wildman–Crippen MR) is 130 cm³/mol. The van der Waals surface area contributed by atoms with Crippen LogP contribution in [-0.2, 0) is 20.6 Å². The van der Waals surface area contributed by atoms with E-state index in [2.05, 4.69) is 64.0 Å². The monoisotopic (exact) mass is 543 g/mol. The lowest BCUT2D eigenvalue weighted by Gasteiger charge is -2.36. The van der Waals surface area contributed by atoms with E-state index in [1.165, 1.54) is 36.8 Å². The number of anilines is 2. The molecular formula is C21H28F3N7O3SSi. The predicted octanol–water partition coefficient (Wildman–Crippen LogP) is 4.12. The molecule has 0 aromatic carbocycles. The van der Waals surface area contributed by atoms with Gasteiger partial charge < -0.3 is 9.74 Å². The number of hydrogen-bond acceptors (Lipinski definition) is 8. The Morgan fingerprint density at radius 2 is 1.83 bits per heavy atom. The molecule has 0 saturated carbocycles. The molecule has 196 valence electrons. The lowest BCUT2D eigenvalue weighted by atomic mass is 10.2. The maximum absolute atomic E-state index is 13.4. The minimum atomic E-state index is -4.68. The molecule has 0 bridgehead atoms. The second-order valence-electron chi connectivity index (χ2n) is 9.40. The van der Waals surface area contributed by atoms with Crippen molar-refractivity contribution in [3.63, 3.8) is 0 Å². The molecule has 3 rings (SSSR count). The van der Waals surface area contributed by atoms with Crippen LogP contribution in [0.3, 0.4) is 0 Å². The average Bonchev–Trinajstić information content (AvgIpc) is 3.30. The van der Waals surface area contributed by atoms with Gasteiger partial charge in [0.05, 0.1) is 11.9 Å². The van der Waals surface area contributed by atoms with E-state index in [-0.39, 0.29) is 34.9 Å². The summed E-state index contributed by atoms with van der Waals surface area (Å²) in [6.07, 6.45) is -0.164. The third-order valence-electron chi connectivity index (χ3n) is 5.73. The van der Waals surface area contributed by atoms with Crippen molar-refractivity contribution in [2.75, 3.05) is 18.5 Å². The lowest BCUT2D eigenvalue weighted by Crippen LogP contribution is -2.42. The van der Waals surface area contributed by atoms with Crippen LogP contribution >= 0.6 is 0 Å². The van der Waals surface area contributed by atoms with Gasteiger partial charge in [0.25, 0.3) is 10.0 Å². The molecule has 0 saturated heterocycles. The molecule has 0 aliphatic carbocycles. The number of alkyl halides is 3. The quantitative estimate of drug-likeness (QED) is 0.305. The van der Waals surface area contributed by atoms with Gasteiger partial charge in [-0.15, -0.1) is 0 Å². The van der Waals surface area contributed by atoms with Gasteiger partial charge in [-0.1, -0.05) is 20.8 Å². The molecule has 0 atom stereocenters. The number of nitrogens with zero attached hydrogens (tertiary/aromatic N) is 5. The fraction of sp³-hybridized carbons (Fsp3) is 0.429. The molecular weight excluding hydrogens is 515 g/mol. The molecule has 15 heteroatoms. The Hall–Kier alpha value is -2.88. The number of halogens is 3. The fourth-order valence-electron chi connectivity index (χ4n) is 2.72. The summed E-state index contributed by atoms with van der Waals surface area (Å²) in [6.45, 7) is 10.8. The molecule has 36 heavy (non-hydrogen) atoms. The summed E-state index contributed by atoms with van der Waals surface area (Å²) in [6, 6.07) is 4.13. The molecule has 2 N–H and O–H groups in total. The van der Waals surface area contributed by atoms with Crippen LogP contribution in [0.25, 0.3) is 5.82 Å². The molecule has 3 aromatic heterocycles. The highest BCUT2D eigenvalue weighted by Crippen LogP contribution is 2.36. The normalized spacial score (nSPS) is 13.1. The summed E-state index contributed by atoms with van der Waals surface area (Å²) in [5.41, 5.74) is -0.777. The van der Waals surface area contributed by atoms with Gasteiger partial charge in [0.2, 0.25) is 5.95 Å². The molecule has 10 nitrogen and oxygen atoms in total. The van der Waals surface area contributed by atoms with Crippen LogP contribution in [0.1, 0.15) is 26.3 Å². The van der Waals surface area contributed by atoms with Crippen molar-refractivity contribution in [1.29, 1.82) is 0 Å². The Bertz CT molecular complexity index is 1280. The van der Waals surface area contributed by atoms with Crippen molar-refractivity contribution in [1.82, 2.24) is 29.5 Å². The molecule has 0 aliphatic rings. The zero-order chi connectivity index (χ0) is 26.8. The highest BCUT2D eigenvalue weighted by atomic mass is 32.2. The van der Waals surface area contributed by atoms with Gasteiger partial charge in [-0.2, -0.15) is 23.3 Å². The lowest BCUT2D eigenvalue weighted by molar-refractivity contribution is -0.138. The number of nitrogens with one attached hydrogen (secondary N) is 2. The Labute approximate surface area is 208 Å². The molecule has 3 heterocycles. The maximum atomic E-state index is 13.4. The molecule has 0 fully saturated rings.